The van der Waals surface area contributed by atoms with Gasteiger partial charge in [0.25, 0.3) is 0 Å². The Morgan fingerprint density at radius 3 is 2.84 bits per heavy atom. The predicted molar refractivity (Wildman–Crippen MR) is 74.0 cm³/mol. The molecule has 2 unspecified atom stereocenters. The number of rotatable bonds is 4. The minimum absolute atomic E-state index is 0.473. The molecule has 1 saturated carbocycles. The van der Waals surface area contributed by atoms with E-state index in [1.54, 1.807) is 24.3 Å². The van der Waals surface area contributed by atoms with Gasteiger partial charge in [0.05, 0.1) is 11.9 Å². The lowest BCUT2D eigenvalue weighted by molar-refractivity contribution is 0.0474. The molecule has 19 heavy (non-hydrogen) atoms. The Balaban J connectivity index is 2.41. The summed E-state index contributed by atoms with van der Waals surface area (Å²) in [5.74, 6) is 0.660. The van der Waals surface area contributed by atoms with Crippen LogP contribution in [0.15, 0.2) is 24.3 Å². The van der Waals surface area contributed by atoms with Crippen molar-refractivity contribution in [3.63, 3.8) is 0 Å². The normalized spacial score (nSPS) is 27.4. The van der Waals surface area contributed by atoms with Gasteiger partial charge in [0.1, 0.15) is 11.4 Å². The fourth-order valence-corrected chi connectivity index (χ4v) is 4.43. The Bertz CT molecular complexity index is 552. The summed E-state index contributed by atoms with van der Waals surface area (Å²) >= 11 is 0. The van der Waals surface area contributed by atoms with Crippen LogP contribution in [0.3, 0.4) is 0 Å². The zero-order chi connectivity index (χ0) is 14.1. The molecule has 0 heterocycles. The first-order valence-electron chi connectivity index (χ1n) is 6.52. The second-order valence-corrected chi connectivity index (χ2v) is 7.32. The molecule has 0 spiro atoms. The molecule has 2 atom stereocenters. The average Bonchev–Trinajstić information content (AvgIpc) is 2.73. The summed E-state index contributed by atoms with van der Waals surface area (Å²) in [7, 11) is -3.27. The number of hydrogen-bond acceptors (Lipinski definition) is 4. The zero-order valence-corrected chi connectivity index (χ0v) is 12.1. The highest BCUT2D eigenvalue weighted by atomic mass is 32.2. The van der Waals surface area contributed by atoms with Crippen LogP contribution in [-0.2, 0) is 15.4 Å². The molecule has 106 valence electrons. The van der Waals surface area contributed by atoms with Crippen molar-refractivity contribution in [2.45, 2.75) is 37.0 Å². The van der Waals surface area contributed by atoms with Crippen LogP contribution in [-0.4, -0.2) is 31.6 Å². The van der Waals surface area contributed by atoms with Crippen molar-refractivity contribution in [2.24, 2.45) is 0 Å². The molecule has 0 bridgehead atoms. The molecular formula is C14H20O4S. The van der Waals surface area contributed by atoms with Crippen LogP contribution < -0.4 is 4.74 Å². The largest absolute Gasteiger partial charge is 0.494 e. The van der Waals surface area contributed by atoms with Gasteiger partial charge in [-0.1, -0.05) is 12.1 Å². The van der Waals surface area contributed by atoms with Crippen LogP contribution >= 0.6 is 0 Å². The van der Waals surface area contributed by atoms with E-state index >= 15 is 0 Å². The standard InChI is InChI=1S/C14H20O4S/c1-3-18-12-7-4-6-11(10-12)14(15)9-5-8-13(14)19(2,16)17/h4,6-7,10,13,15H,3,5,8-9H2,1-2H3. The molecular weight excluding hydrogens is 264 g/mol. The average molecular weight is 284 g/mol. The summed E-state index contributed by atoms with van der Waals surface area (Å²) in [6.45, 7) is 2.42. The molecule has 1 aliphatic carbocycles. The Morgan fingerprint density at radius 1 is 1.47 bits per heavy atom. The lowest BCUT2D eigenvalue weighted by atomic mass is 9.92. The van der Waals surface area contributed by atoms with Gasteiger partial charge in [-0.3, -0.25) is 0 Å². The molecule has 0 aliphatic heterocycles. The van der Waals surface area contributed by atoms with Gasteiger partial charge in [-0.2, -0.15) is 0 Å². The van der Waals surface area contributed by atoms with E-state index in [9.17, 15) is 13.5 Å². The Hall–Kier alpha value is -1.07. The van der Waals surface area contributed by atoms with Gasteiger partial charge in [-0.05, 0) is 43.9 Å². The van der Waals surface area contributed by atoms with E-state index in [0.29, 0.717) is 37.2 Å². The van der Waals surface area contributed by atoms with Gasteiger partial charge in [0.2, 0.25) is 0 Å². The molecule has 1 N–H and O–H groups in total. The number of ether oxygens (including phenoxy) is 1. The fourth-order valence-electron chi connectivity index (χ4n) is 2.88. The third-order valence-corrected chi connectivity index (χ3v) is 5.38. The van der Waals surface area contributed by atoms with E-state index < -0.39 is 20.7 Å². The summed E-state index contributed by atoms with van der Waals surface area (Å²) in [5.41, 5.74) is -0.660. The molecule has 0 aromatic heterocycles. The number of sulfone groups is 1. The van der Waals surface area contributed by atoms with E-state index in [1.807, 2.05) is 6.92 Å². The summed E-state index contributed by atoms with van der Waals surface area (Å²) in [5, 5.41) is 10.1. The fraction of sp³-hybridized carbons (Fsp3) is 0.571. The molecule has 0 saturated heterocycles. The smallest absolute Gasteiger partial charge is 0.153 e. The maximum atomic E-state index is 11.8. The van der Waals surface area contributed by atoms with Crippen molar-refractivity contribution in [3.05, 3.63) is 29.8 Å². The Morgan fingerprint density at radius 2 is 2.21 bits per heavy atom. The van der Waals surface area contributed by atoms with Gasteiger partial charge >= 0.3 is 0 Å². The molecule has 2 rings (SSSR count). The van der Waals surface area contributed by atoms with Crippen molar-refractivity contribution in [3.8, 4) is 5.75 Å². The Labute approximate surface area is 114 Å². The number of aliphatic hydroxyl groups is 1. The van der Waals surface area contributed by atoms with Gasteiger partial charge in [-0.25, -0.2) is 8.42 Å². The van der Waals surface area contributed by atoms with E-state index in [1.165, 1.54) is 6.26 Å². The SMILES string of the molecule is CCOc1cccc(C2(O)CCCC2S(C)(=O)=O)c1. The minimum Gasteiger partial charge on any atom is -0.494 e. The molecule has 1 aromatic rings. The Kier molecular flexibility index (Phi) is 3.87. The highest BCUT2D eigenvalue weighted by Crippen LogP contribution is 2.43. The maximum absolute atomic E-state index is 11.8. The molecule has 1 aromatic carbocycles. The van der Waals surface area contributed by atoms with Crippen LogP contribution in [0.5, 0.6) is 5.75 Å². The molecule has 5 heteroatoms. The van der Waals surface area contributed by atoms with Crippen LogP contribution in [0.2, 0.25) is 0 Å². The van der Waals surface area contributed by atoms with Gasteiger partial charge in [-0.15, -0.1) is 0 Å². The summed E-state index contributed by atoms with van der Waals surface area (Å²) < 4.78 is 29.1. The molecule has 1 aliphatic rings. The maximum Gasteiger partial charge on any atom is 0.153 e. The van der Waals surface area contributed by atoms with Crippen LogP contribution in [0.25, 0.3) is 0 Å². The molecule has 4 nitrogen and oxygen atoms in total. The van der Waals surface area contributed by atoms with Crippen LogP contribution in [0.4, 0.5) is 0 Å². The predicted octanol–water partition coefficient (Wildman–Crippen LogP) is 1.87. The quantitative estimate of drug-likeness (QED) is 0.917. The van der Waals surface area contributed by atoms with E-state index in [0.717, 1.165) is 0 Å². The highest BCUT2D eigenvalue weighted by Gasteiger charge is 2.48. The van der Waals surface area contributed by atoms with Crippen molar-refractivity contribution >= 4 is 9.84 Å². The van der Waals surface area contributed by atoms with Crippen molar-refractivity contribution in [2.75, 3.05) is 12.9 Å². The third kappa shape index (κ3) is 2.77. The second kappa shape index (κ2) is 5.13. The van der Waals surface area contributed by atoms with E-state index in [2.05, 4.69) is 0 Å². The summed E-state index contributed by atoms with van der Waals surface area (Å²) in [6, 6.07) is 7.11. The first-order chi connectivity index (χ1) is 8.88. The van der Waals surface area contributed by atoms with E-state index in [4.69, 9.17) is 4.74 Å². The van der Waals surface area contributed by atoms with Crippen LogP contribution in [0, 0.1) is 0 Å². The minimum atomic E-state index is -3.27. The first-order valence-corrected chi connectivity index (χ1v) is 8.48. The molecule has 0 radical (unpaired) electrons. The zero-order valence-electron chi connectivity index (χ0n) is 11.3. The van der Waals surface area contributed by atoms with Gasteiger partial charge in [0, 0.05) is 6.26 Å². The van der Waals surface area contributed by atoms with Crippen molar-refractivity contribution < 1.29 is 18.3 Å². The number of hydrogen-bond donors (Lipinski definition) is 1. The summed E-state index contributed by atoms with van der Waals surface area (Å²) in [4.78, 5) is 0. The monoisotopic (exact) mass is 284 g/mol. The number of benzene rings is 1. The lowest BCUT2D eigenvalue weighted by Crippen LogP contribution is -2.39. The second-order valence-electron chi connectivity index (χ2n) is 5.10. The molecule has 0 amide bonds. The van der Waals surface area contributed by atoms with Crippen molar-refractivity contribution in [1.82, 2.24) is 0 Å². The van der Waals surface area contributed by atoms with Crippen molar-refractivity contribution in [1.29, 1.82) is 0 Å². The van der Waals surface area contributed by atoms with Gasteiger partial charge in [0.15, 0.2) is 9.84 Å². The highest BCUT2D eigenvalue weighted by molar-refractivity contribution is 7.91. The van der Waals surface area contributed by atoms with Gasteiger partial charge < -0.3 is 9.84 Å². The van der Waals surface area contributed by atoms with E-state index in [-0.39, 0.29) is 0 Å². The first kappa shape index (κ1) is 14.3. The lowest BCUT2D eigenvalue weighted by Gasteiger charge is -2.29. The topological polar surface area (TPSA) is 63.6 Å². The third-order valence-electron chi connectivity index (χ3n) is 3.72. The summed E-state index contributed by atoms with van der Waals surface area (Å²) in [6.07, 6.45) is 2.89. The van der Waals surface area contributed by atoms with Crippen LogP contribution in [0.1, 0.15) is 31.7 Å². The molecule has 1 fully saturated rings.